The molecule has 29 heavy (non-hydrogen) atoms. The lowest BCUT2D eigenvalue weighted by atomic mass is 9.71. The van der Waals surface area contributed by atoms with Crippen LogP contribution in [0.3, 0.4) is 0 Å². The highest BCUT2D eigenvalue weighted by Crippen LogP contribution is 2.45. The topological polar surface area (TPSA) is 3.88 Å². The third-order valence-electron chi connectivity index (χ3n) is 6.93. The van der Waals surface area contributed by atoms with Gasteiger partial charge in [-0.25, -0.2) is 4.57 Å². The van der Waals surface area contributed by atoms with E-state index in [4.69, 9.17) is 8.22 Å². The van der Waals surface area contributed by atoms with Crippen molar-refractivity contribution in [2.75, 3.05) is 0 Å². The maximum Gasteiger partial charge on any atom is 0.213 e. The molecule has 1 heterocycles. The molecule has 1 aromatic heterocycles. The summed E-state index contributed by atoms with van der Waals surface area (Å²) in [4.78, 5) is 0. The molecule has 0 aliphatic heterocycles. The first-order valence-electron chi connectivity index (χ1n) is 13.8. The van der Waals surface area contributed by atoms with Crippen molar-refractivity contribution in [1.82, 2.24) is 0 Å². The maximum absolute atomic E-state index is 8.52. The van der Waals surface area contributed by atoms with Gasteiger partial charge in [0, 0.05) is 25.4 Å². The Kier molecular flexibility index (Phi) is 3.20. The third-order valence-corrected chi connectivity index (χ3v) is 6.93. The molecule has 0 saturated carbocycles. The molecular weight excluding hydrogens is 350 g/mol. The summed E-state index contributed by atoms with van der Waals surface area (Å²) >= 11 is 0. The molecule has 0 radical (unpaired) electrons. The molecule has 0 saturated heterocycles. The van der Waals surface area contributed by atoms with E-state index in [0.29, 0.717) is 22.6 Å². The monoisotopic (exact) mass is 388 g/mol. The number of rotatable bonds is 2. The number of pyridine rings is 1. The van der Waals surface area contributed by atoms with Crippen molar-refractivity contribution in [2.24, 2.45) is 7.05 Å². The second-order valence-electron chi connectivity index (χ2n) is 8.74. The molecule has 1 atom stereocenters. The molecule has 0 bridgehead atoms. The first-order valence-corrected chi connectivity index (χ1v) is 10.8. The summed E-state index contributed by atoms with van der Waals surface area (Å²) in [5.74, 6) is 0.427. The number of benzene rings is 2. The lowest BCUT2D eigenvalue weighted by molar-refractivity contribution is -0.660. The summed E-state index contributed by atoms with van der Waals surface area (Å²) < 4.78 is 52.4. The highest BCUT2D eigenvalue weighted by molar-refractivity contribution is 5.77. The fourth-order valence-corrected chi connectivity index (χ4v) is 5.50. The van der Waals surface area contributed by atoms with Crippen molar-refractivity contribution in [1.29, 1.82) is 0 Å². The number of aryl methyl sites for hydroxylation is 4. The quantitative estimate of drug-likeness (QED) is 0.440. The van der Waals surface area contributed by atoms with E-state index in [0.717, 1.165) is 60.9 Å². The minimum absolute atomic E-state index is 0.193. The Hall–Kier alpha value is -2.41. The van der Waals surface area contributed by atoms with Crippen molar-refractivity contribution in [3.8, 4) is 22.4 Å². The van der Waals surface area contributed by atoms with Crippen LogP contribution in [0, 0.1) is 20.6 Å². The van der Waals surface area contributed by atoms with E-state index in [-0.39, 0.29) is 5.56 Å². The number of nitrogens with zero attached hydrogens (tertiary/aromatic N) is 1. The van der Waals surface area contributed by atoms with Crippen LogP contribution in [-0.2, 0) is 19.9 Å². The first kappa shape index (κ1) is 13.0. The minimum atomic E-state index is -2.38. The SMILES string of the molecule is [2H]C([2H])([2H])c1c[n+](C)c(-c2ccccc2C)cc1-c1cc2c3c(c1C([2H])([2H])[2H])CCCC3CCC2. The Bertz CT molecular complexity index is 1300. The zero-order chi connectivity index (χ0) is 25.1. The smallest absolute Gasteiger partial charge is 0.201 e. The summed E-state index contributed by atoms with van der Waals surface area (Å²) in [6.45, 7) is -2.67. The van der Waals surface area contributed by atoms with Gasteiger partial charge in [-0.05, 0) is 110 Å². The number of hydrogen-bond acceptors (Lipinski definition) is 0. The van der Waals surface area contributed by atoms with Crippen LogP contribution in [0.4, 0.5) is 0 Å². The van der Waals surface area contributed by atoms with Gasteiger partial charge in [-0.15, -0.1) is 0 Å². The van der Waals surface area contributed by atoms with Gasteiger partial charge in [-0.2, -0.15) is 0 Å². The van der Waals surface area contributed by atoms with Gasteiger partial charge in [0.25, 0.3) is 0 Å². The third kappa shape index (κ3) is 3.03. The van der Waals surface area contributed by atoms with Crippen molar-refractivity contribution in [2.45, 2.75) is 65.1 Å². The molecule has 2 aliphatic rings. The van der Waals surface area contributed by atoms with Gasteiger partial charge >= 0.3 is 0 Å². The molecule has 2 aliphatic carbocycles. The van der Waals surface area contributed by atoms with Crippen LogP contribution in [0.5, 0.6) is 0 Å². The van der Waals surface area contributed by atoms with E-state index in [1.54, 1.807) is 6.20 Å². The van der Waals surface area contributed by atoms with Gasteiger partial charge in [0.2, 0.25) is 5.69 Å². The summed E-state index contributed by atoms with van der Waals surface area (Å²) in [6, 6.07) is 11.9. The van der Waals surface area contributed by atoms with Crippen molar-refractivity contribution in [3.63, 3.8) is 0 Å². The standard InChI is InChI=1S/C28H32N/c1-18-9-5-6-13-23(18)27-16-25(19(2)17-29(27)4)26-15-22-12-7-10-21-11-8-14-24(20(26)3)28(21)22/h5-6,9,13,15-17,21H,7-8,10-12,14H2,1-4H3/q+1/i2D3,3D3. The molecule has 0 fully saturated rings. The largest absolute Gasteiger partial charge is 0.213 e. The predicted molar refractivity (Wildman–Crippen MR) is 121 cm³/mol. The molecule has 3 aromatic rings. The molecular formula is C28H32N+. The molecule has 148 valence electrons. The van der Waals surface area contributed by atoms with E-state index in [1.165, 1.54) is 11.1 Å². The van der Waals surface area contributed by atoms with Crippen LogP contribution in [-0.4, -0.2) is 0 Å². The molecule has 0 N–H and O–H groups in total. The second kappa shape index (κ2) is 7.13. The lowest BCUT2D eigenvalue weighted by Crippen LogP contribution is -2.31. The Morgan fingerprint density at radius 3 is 2.55 bits per heavy atom. The summed E-state index contributed by atoms with van der Waals surface area (Å²) in [5, 5.41) is 0. The number of aromatic nitrogens is 1. The normalized spacial score (nSPS) is 21.8. The van der Waals surface area contributed by atoms with Crippen LogP contribution in [0.2, 0.25) is 0 Å². The lowest BCUT2D eigenvalue weighted by Gasteiger charge is -2.34. The van der Waals surface area contributed by atoms with E-state index in [2.05, 4.69) is 0 Å². The molecule has 2 aromatic carbocycles. The zero-order valence-corrected chi connectivity index (χ0v) is 17.3. The Morgan fingerprint density at radius 1 is 0.931 bits per heavy atom. The van der Waals surface area contributed by atoms with Crippen molar-refractivity contribution < 1.29 is 12.8 Å². The molecule has 1 heteroatoms. The Balaban J connectivity index is 1.88. The van der Waals surface area contributed by atoms with Gasteiger partial charge < -0.3 is 0 Å². The fraction of sp³-hybridized carbons (Fsp3) is 0.393. The first-order chi connectivity index (χ1) is 16.5. The Labute approximate surface area is 183 Å². The number of hydrogen-bond donors (Lipinski definition) is 0. The van der Waals surface area contributed by atoms with Gasteiger partial charge in [-0.3, -0.25) is 0 Å². The van der Waals surface area contributed by atoms with Crippen LogP contribution in [0.15, 0.2) is 42.6 Å². The molecule has 1 unspecified atom stereocenters. The molecule has 0 spiro atoms. The average molecular weight is 389 g/mol. The molecule has 0 amide bonds. The summed E-state index contributed by atoms with van der Waals surface area (Å²) in [6.07, 6.45) is 7.62. The summed E-state index contributed by atoms with van der Waals surface area (Å²) in [5.41, 5.74) is 7.99. The zero-order valence-electron chi connectivity index (χ0n) is 23.3. The second-order valence-corrected chi connectivity index (χ2v) is 8.74. The van der Waals surface area contributed by atoms with E-state index >= 15 is 0 Å². The van der Waals surface area contributed by atoms with Crippen LogP contribution in [0.1, 0.15) is 73.2 Å². The molecule has 1 nitrogen and oxygen atoms in total. The molecule has 5 rings (SSSR count). The van der Waals surface area contributed by atoms with E-state index in [1.807, 2.05) is 54.9 Å². The fourth-order valence-electron chi connectivity index (χ4n) is 5.50. The average Bonchev–Trinajstić information content (AvgIpc) is 2.78. The van der Waals surface area contributed by atoms with E-state index < -0.39 is 13.7 Å². The highest BCUT2D eigenvalue weighted by atomic mass is 14.9. The van der Waals surface area contributed by atoms with Gasteiger partial charge in [0.05, 0.1) is 0 Å². The van der Waals surface area contributed by atoms with Crippen molar-refractivity contribution in [3.05, 3.63) is 76.0 Å². The highest BCUT2D eigenvalue weighted by Gasteiger charge is 2.29. The van der Waals surface area contributed by atoms with E-state index in [9.17, 15) is 0 Å². The van der Waals surface area contributed by atoms with Crippen molar-refractivity contribution >= 4 is 0 Å². The van der Waals surface area contributed by atoms with Crippen LogP contribution in [0.25, 0.3) is 22.4 Å². The van der Waals surface area contributed by atoms with Gasteiger partial charge in [0.15, 0.2) is 6.20 Å². The maximum atomic E-state index is 8.52. The van der Waals surface area contributed by atoms with Gasteiger partial charge in [-0.1, -0.05) is 24.3 Å². The van der Waals surface area contributed by atoms with Gasteiger partial charge in [0.1, 0.15) is 7.05 Å². The van der Waals surface area contributed by atoms with Crippen LogP contribution >= 0.6 is 0 Å². The predicted octanol–water partition coefficient (Wildman–Crippen LogP) is 6.53. The summed E-state index contributed by atoms with van der Waals surface area (Å²) in [7, 11) is 1.85. The minimum Gasteiger partial charge on any atom is -0.201 e. The van der Waals surface area contributed by atoms with Crippen LogP contribution < -0.4 is 4.57 Å². The Morgan fingerprint density at radius 2 is 1.76 bits per heavy atom.